The van der Waals surface area contributed by atoms with Gasteiger partial charge in [0.05, 0.1) is 0 Å². The normalized spacial score (nSPS) is 11.1. The van der Waals surface area contributed by atoms with Gasteiger partial charge >= 0.3 is 0 Å². The van der Waals surface area contributed by atoms with Crippen molar-refractivity contribution in [2.75, 3.05) is 6.54 Å². The molecule has 5 heteroatoms. The lowest BCUT2D eigenvalue weighted by molar-refractivity contribution is 0.550. The van der Waals surface area contributed by atoms with E-state index in [1.165, 1.54) is 10.5 Å². The second-order valence-electron chi connectivity index (χ2n) is 5.42. The Bertz CT molecular complexity index is 585. The summed E-state index contributed by atoms with van der Waals surface area (Å²) in [7, 11) is 0. The predicted molar refractivity (Wildman–Crippen MR) is 91.6 cm³/mol. The fraction of sp³-hybridized carbons (Fsp3) is 0.375. The van der Waals surface area contributed by atoms with Crippen molar-refractivity contribution in [2.24, 2.45) is 5.92 Å². The van der Waals surface area contributed by atoms with Gasteiger partial charge in [-0.25, -0.2) is 9.97 Å². The van der Waals surface area contributed by atoms with Crippen molar-refractivity contribution in [3.05, 3.63) is 46.2 Å². The fourth-order valence-electron chi connectivity index (χ4n) is 1.81. The van der Waals surface area contributed by atoms with E-state index in [0.29, 0.717) is 5.92 Å². The maximum Gasteiger partial charge on any atom is 0.192 e. The highest BCUT2D eigenvalue weighted by atomic mass is 79.9. The molecular weight excluding hydrogens is 346 g/mol. The van der Waals surface area contributed by atoms with Crippen molar-refractivity contribution in [1.29, 1.82) is 0 Å². The first-order chi connectivity index (χ1) is 10.0. The molecule has 1 aromatic carbocycles. The first kappa shape index (κ1) is 16.5. The number of nitrogens with zero attached hydrogens (tertiary/aromatic N) is 2. The third-order valence-corrected chi connectivity index (χ3v) is 4.35. The third-order valence-electron chi connectivity index (χ3n) is 2.85. The maximum absolute atomic E-state index is 4.37. The lowest BCUT2D eigenvalue weighted by atomic mass is 10.2. The molecule has 2 aromatic rings. The Balaban J connectivity index is 2.12. The fourth-order valence-corrected chi connectivity index (χ4v) is 3.03. The van der Waals surface area contributed by atoms with Gasteiger partial charge in [-0.1, -0.05) is 29.8 Å². The first-order valence-electron chi connectivity index (χ1n) is 7.00. The molecule has 2 rings (SSSR count). The lowest BCUT2D eigenvalue weighted by Gasteiger charge is -2.12. The van der Waals surface area contributed by atoms with E-state index >= 15 is 0 Å². The molecule has 1 N–H and O–H groups in total. The average Bonchev–Trinajstić information content (AvgIpc) is 2.43. The quantitative estimate of drug-likeness (QED) is 0.767. The number of nitrogens with one attached hydrogen (secondary N) is 1. The minimum Gasteiger partial charge on any atom is -0.312 e. The highest BCUT2D eigenvalue weighted by Crippen LogP contribution is 2.30. The largest absolute Gasteiger partial charge is 0.312 e. The van der Waals surface area contributed by atoms with Crippen LogP contribution in [0.1, 0.15) is 25.0 Å². The first-order valence-corrected chi connectivity index (χ1v) is 8.61. The Morgan fingerprint density at radius 1 is 1.24 bits per heavy atom. The lowest BCUT2D eigenvalue weighted by Crippen LogP contribution is -2.19. The van der Waals surface area contributed by atoms with E-state index in [9.17, 15) is 0 Å². The molecule has 0 aliphatic rings. The zero-order valence-electron chi connectivity index (χ0n) is 12.6. The number of benzene rings is 1. The number of aromatic nitrogens is 2. The molecule has 0 radical (unpaired) electrons. The van der Waals surface area contributed by atoms with Gasteiger partial charge < -0.3 is 5.32 Å². The molecule has 1 aromatic heterocycles. The molecule has 0 bridgehead atoms. The number of aryl methyl sites for hydroxylation is 1. The molecule has 0 atom stereocenters. The van der Waals surface area contributed by atoms with E-state index < -0.39 is 0 Å². The van der Waals surface area contributed by atoms with Gasteiger partial charge in [0.1, 0.15) is 0 Å². The van der Waals surface area contributed by atoms with Crippen LogP contribution in [0.4, 0.5) is 0 Å². The SMILES string of the molecule is Cc1cnc(Sc2ccc(Br)cc2CNCC(C)C)nc1. The molecule has 0 amide bonds. The predicted octanol–water partition coefficient (Wildman–Crippen LogP) is 4.44. The molecule has 3 nitrogen and oxygen atoms in total. The molecule has 21 heavy (non-hydrogen) atoms. The van der Waals surface area contributed by atoms with Gasteiger partial charge in [0.25, 0.3) is 0 Å². The molecule has 0 saturated heterocycles. The van der Waals surface area contributed by atoms with Crippen LogP contribution in [0.3, 0.4) is 0 Å². The van der Waals surface area contributed by atoms with Crippen LogP contribution in [0.5, 0.6) is 0 Å². The Hall–Kier alpha value is -0.910. The molecule has 0 saturated carbocycles. The minimum absolute atomic E-state index is 0.647. The molecule has 0 fully saturated rings. The van der Waals surface area contributed by atoms with Gasteiger partial charge in [0, 0.05) is 28.3 Å². The van der Waals surface area contributed by atoms with Gasteiger partial charge in [0.15, 0.2) is 5.16 Å². The van der Waals surface area contributed by atoms with Gasteiger partial charge in [-0.2, -0.15) is 0 Å². The summed E-state index contributed by atoms with van der Waals surface area (Å²) in [6, 6.07) is 6.33. The number of rotatable bonds is 6. The van der Waals surface area contributed by atoms with E-state index in [1.807, 2.05) is 19.3 Å². The van der Waals surface area contributed by atoms with Crippen molar-refractivity contribution in [3.63, 3.8) is 0 Å². The van der Waals surface area contributed by atoms with Crippen molar-refractivity contribution >= 4 is 27.7 Å². The van der Waals surface area contributed by atoms with Crippen molar-refractivity contribution in [3.8, 4) is 0 Å². The summed E-state index contributed by atoms with van der Waals surface area (Å²) in [6.45, 7) is 8.28. The Morgan fingerprint density at radius 2 is 1.95 bits per heavy atom. The van der Waals surface area contributed by atoms with Gasteiger partial charge in [-0.3, -0.25) is 0 Å². The van der Waals surface area contributed by atoms with Crippen LogP contribution >= 0.6 is 27.7 Å². The van der Waals surface area contributed by atoms with Gasteiger partial charge in [-0.05, 0) is 60.5 Å². The van der Waals surface area contributed by atoms with Crippen LogP contribution in [0.15, 0.2) is 45.1 Å². The highest BCUT2D eigenvalue weighted by Gasteiger charge is 2.07. The minimum atomic E-state index is 0.647. The van der Waals surface area contributed by atoms with Crippen LogP contribution in [0.2, 0.25) is 0 Å². The average molecular weight is 366 g/mol. The molecule has 0 spiro atoms. The maximum atomic E-state index is 4.37. The van der Waals surface area contributed by atoms with Crippen molar-refractivity contribution < 1.29 is 0 Å². The van der Waals surface area contributed by atoms with Gasteiger partial charge in [0.2, 0.25) is 0 Å². The summed E-state index contributed by atoms with van der Waals surface area (Å²) < 4.78 is 1.10. The van der Waals surface area contributed by atoms with Crippen LogP contribution < -0.4 is 5.32 Å². The molecule has 0 aliphatic carbocycles. The molecule has 112 valence electrons. The second-order valence-corrected chi connectivity index (χ2v) is 7.35. The number of hydrogen-bond donors (Lipinski definition) is 1. The smallest absolute Gasteiger partial charge is 0.192 e. The molecule has 0 unspecified atom stereocenters. The summed E-state index contributed by atoms with van der Waals surface area (Å²) in [5.74, 6) is 0.647. The second kappa shape index (κ2) is 7.92. The number of hydrogen-bond acceptors (Lipinski definition) is 4. The summed E-state index contributed by atoms with van der Waals surface area (Å²) in [5, 5.41) is 4.27. The number of halogens is 1. The standard InChI is InChI=1S/C16H20BrN3S/c1-11(2)7-18-10-13-6-14(17)4-5-15(13)21-16-19-8-12(3)9-20-16/h4-6,8-9,11,18H,7,10H2,1-3H3. The topological polar surface area (TPSA) is 37.8 Å². The van der Waals surface area contributed by atoms with E-state index in [1.54, 1.807) is 11.8 Å². The summed E-state index contributed by atoms with van der Waals surface area (Å²) >= 11 is 5.15. The van der Waals surface area contributed by atoms with E-state index in [4.69, 9.17) is 0 Å². The van der Waals surface area contributed by atoms with E-state index in [-0.39, 0.29) is 0 Å². The Labute approximate surface area is 139 Å². The zero-order valence-corrected chi connectivity index (χ0v) is 15.0. The van der Waals surface area contributed by atoms with Crippen molar-refractivity contribution in [2.45, 2.75) is 37.4 Å². The van der Waals surface area contributed by atoms with Crippen molar-refractivity contribution in [1.82, 2.24) is 15.3 Å². The monoisotopic (exact) mass is 365 g/mol. The highest BCUT2D eigenvalue weighted by molar-refractivity contribution is 9.10. The summed E-state index contributed by atoms with van der Waals surface area (Å²) in [6.07, 6.45) is 3.70. The Morgan fingerprint density at radius 3 is 2.62 bits per heavy atom. The zero-order chi connectivity index (χ0) is 15.2. The van der Waals surface area contributed by atoms with E-state index in [2.05, 4.69) is 63.3 Å². The third kappa shape index (κ3) is 5.41. The molecule has 1 heterocycles. The van der Waals surface area contributed by atoms with Crippen LogP contribution in [-0.4, -0.2) is 16.5 Å². The molecular formula is C16H20BrN3S. The summed E-state index contributed by atoms with van der Waals surface area (Å²) in [5.41, 5.74) is 2.34. The van der Waals surface area contributed by atoms with Crippen LogP contribution in [-0.2, 0) is 6.54 Å². The van der Waals surface area contributed by atoms with E-state index in [0.717, 1.165) is 28.3 Å². The Kier molecular flexibility index (Phi) is 6.21. The van der Waals surface area contributed by atoms with Crippen LogP contribution in [0.25, 0.3) is 0 Å². The summed E-state index contributed by atoms with van der Waals surface area (Å²) in [4.78, 5) is 9.92. The van der Waals surface area contributed by atoms with Crippen LogP contribution in [0, 0.1) is 12.8 Å². The molecule has 0 aliphatic heterocycles. The van der Waals surface area contributed by atoms with Gasteiger partial charge in [-0.15, -0.1) is 0 Å².